The van der Waals surface area contributed by atoms with Gasteiger partial charge in [-0.2, -0.15) is 11.8 Å². The average molecular weight is 472 g/mol. The third-order valence-electron chi connectivity index (χ3n) is 7.11. The minimum atomic E-state index is 0.0735. The molecule has 0 radical (unpaired) electrons. The minimum Gasteiger partial charge on any atom is -0.378 e. The summed E-state index contributed by atoms with van der Waals surface area (Å²) in [5.74, 6) is 2.50. The number of hydrogen-bond acceptors (Lipinski definition) is 6. The van der Waals surface area contributed by atoms with E-state index in [2.05, 4.69) is 57.2 Å². The number of carbonyl (C=O) groups excluding carboxylic acids is 1. The first-order valence-electron chi connectivity index (χ1n) is 11.9. The van der Waals surface area contributed by atoms with Gasteiger partial charge in [0, 0.05) is 55.3 Å². The molecule has 2 aliphatic heterocycles. The number of hydrogen-bond donors (Lipinski definition) is 1. The molecule has 1 aliphatic carbocycles. The first-order chi connectivity index (χ1) is 15.8. The third kappa shape index (κ3) is 4.72. The Bertz CT molecular complexity index is 899. The van der Waals surface area contributed by atoms with E-state index < -0.39 is 0 Å². The Morgan fingerprint density at radius 3 is 2.47 bits per heavy atom. The van der Waals surface area contributed by atoms with E-state index in [0.29, 0.717) is 0 Å². The normalized spacial score (nSPS) is 21.6. The molecule has 3 fully saturated rings. The fourth-order valence-electron chi connectivity index (χ4n) is 5.33. The average Bonchev–Trinajstić information content (AvgIpc) is 3.53. The quantitative estimate of drug-likeness (QED) is 0.679. The van der Waals surface area contributed by atoms with Gasteiger partial charge in [-0.1, -0.05) is 43.2 Å². The van der Waals surface area contributed by atoms with Gasteiger partial charge in [0.05, 0.1) is 23.1 Å². The molecule has 7 heteroatoms. The Hall–Kier alpha value is -1.54. The Labute approximate surface area is 199 Å². The summed E-state index contributed by atoms with van der Waals surface area (Å²) in [5, 5.41) is 4.54. The van der Waals surface area contributed by atoms with Crippen LogP contribution in [0.25, 0.3) is 11.1 Å². The highest BCUT2D eigenvalue weighted by Crippen LogP contribution is 2.40. The number of amides is 1. The zero-order chi connectivity index (χ0) is 21.8. The van der Waals surface area contributed by atoms with Gasteiger partial charge in [-0.3, -0.25) is 9.69 Å². The largest absolute Gasteiger partial charge is 0.378 e. The molecule has 172 valence electrons. The molecular formula is C25H33N3O2S2. The van der Waals surface area contributed by atoms with Crippen LogP contribution in [0, 0.1) is 0 Å². The summed E-state index contributed by atoms with van der Waals surface area (Å²) in [6.45, 7) is 6.29. The molecule has 1 aromatic carbocycles. The van der Waals surface area contributed by atoms with E-state index >= 15 is 0 Å². The van der Waals surface area contributed by atoms with Crippen LogP contribution in [0.4, 0.5) is 5.00 Å². The minimum absolute atomic E-state index is 0.0735. The molecule has 1 aromatic heterocycles. The monoisotopic (exact) mass is 471 g/mol. The number of thiophene rings is 1. The lowest BCUT2D eigenvalue weighted by atomic mass is 9.94. The van der Waals surface area contributed by atoms with Crippen LogP contribution in [0.2, 0.25) is 0 Å². The van der Waals surface area contributed by atoms with Crippen LogP contribution in [0.1, 0.15) is 35.4 Å². The molecule has 0 unspecified atom stereocenters. The van der Waals surface area contributed by atoms with Crippen molar-refractivity contribution in [2.45, 2.75) is 31.2 Å². The standard InChI is InChI=1S/C25H33N3O2S2/c29-23(26-19-25(8-4-5-9-25)28-12-16-31-17-13-28)22-18-21(20-6-2-1-3-7-20)24(32-22)27-10-14-30-15-11-27/h1-3,6-7,18H,4-5,8-17,19H2,(H,26,29). The first kappa shape index (κ1) is 22.3. The lowest BCUT2D eigenvalue weighted by Gasteiger charge is -2.43. The molecule has 0 spiro atoms. The van der Waals surface area contributed by atoms with E-state index in [1.54, 1.807) is 11.3 Å². The second-order valence-electron chi connectivity index (χ2n) is 9.01. The third-order valence-corrected chi connectivity index (χ3v) is 9.25. The van der Waals surface area contributed by atoms with Gasteiger partial charge in [-0.05, 0) is 24.5 Å². The summed E-state index contributed by atoms with van der Waals surface area (Å²) in [4.78, 5) is 19.2. The molecule has 32 heavy (non-hydrogen) atoms. The van der Waals surface area contributed by atoms with E-state index in [4.69, 9.17) is 4.74 Å². The molecule has 5 nitrogen and oxygen atoms in total. The van der Waals surface area contributed by atoms with Crippen molar-refractivity contribution in [3.05, 3.63) is 41.3 Å². The number of thioether (sulfide) groups is 1. The number of anilines is 1. The predicted octanol–water partition coefficient (Wildman–Crippen LogP) is 4.34. The van der Waals surface area contributed by atoms with Gasteiger partial charge in [0.25, 0.3) is 5.91 Å². The summed E-state index contributed by atoms with van der Waals surface area (Å²) >= 11 is 3.68. The van der Waals surface area contributed by atoms with Gasteiger partial charge < -0.3 is 15.0 Å². The smallest absolute Gasteiger partial charge is 0.261 e. The van der Waals surface area contributed by atoms with Crippen LogP contribution in [0.15, 0.2) is 36.4 Å². The van der Waals surface area contributed by atoms with Crippen molar-refractivity contribution >= 4 is 34.0 Å². The van der Waals surface area contributed by atoms with Crippen molar-refractivity contribution in [1.82, 2.24) is 10.2 Å². The summed E-state index contributed by atoms with van der Waals surface area (Å²) in [6.07, 6.45) is 4.96. The second-order valence-corrected chi connectivity index (χ2v) is 11.3. The van der Waals surface area contributed by atoms with Gasteiger partial charge in [0.2, 0.25) is 0 Å². The number of benzene rings is 1. The van der Waals surface area contributed by atoms with Crippen molar-refractivity contribution in [3.8, 4) is 11.1 Å². The maximum absolute atomic E-state index is 13.3. The number of rotatable bonds is 6. The van der Waals surface area contributed by atoms with Crippen LogP contribution >= 0.6 is 23.1 Å². The zero-order valence-corrected chi connectivity index (χ0v) is 20.3. The summed E-state index contributed by atoms with van der Waals surface area (Å²) in [7, 11) is 0. The van der Waals surface area contributed by atoms with Crippen LogP contribution < -0.4 is 10.2 Å². The second kappa shape index (κ2) is 10.2. The van der Waals surface area contributed by atoms with Gasteiger partial charge in [0.15, 0.2) is 0 Å². The highest BCUT2D eigenvalue weighted by atomic mass is 32.2. The summed E-state index contributed by atoms with van der Waals surface area (Å²) < 4.78 is 5.56. The Morgan fingerprint density at radius 1 is 1.03 bits per heavy atom. The molecule has 2 aromatic rings. The molecule has 1 amide bonds. The maximum atomic E-state index is 13.3. The number of nitrogens with zero attached hydrogens (tertiary/aromatic N) is 2. The number of morpholine rings is 1. The van der Waals surface area contributed by atoms with Gasteiger partial charge >= 0.3 is 0 Å². The number of nitrogens with one attached hydrogen (secondary N) is 1. The lowest BCUT2D eigenvalue weighted by Crippen LogP contribution is -2.56. The van der Waals surface area contributed by atoms with Gasteiger partial charge in [-0.15, -0.1) is 11.3 Å². The topological polar surface area (TPSA) is 44.8 Å². The van der Waals surface area contributed by atoms with E-state index in [-0.39, 0.29) is 11.4 Å². The molecular weight excluding hydrogens is 438 g/mol. The van der Waals surface area contributed by atoms with Crippen molar-refractivity contribution in [2.75, 3.05) is 62.3 Å². The molecule has 5 rings (SSSR count). The highest BCUT2D eigenvalue weighted by Gasteiger charge is 2.40. The fraction of sp³-hybridized carbons (Fsp3) is 0.560. The Balaban J connectivity index is 1.35. The van der Waals surface area contributed by atoms with Gasteiger partial charge in [0.1, 0.15) is 0 Å². The maximum Gasteiger partial charge on any atom is 0.261 e. The SMILES string of the molecule is O=C(NCC1(N2CCSCC2)CCCC1)c1cc(-c2ccccc2)c(N2CCOCC2)s1. The lowest BCUT2D eigenvalue weighted by molar-refractivity contribution is 0.0820. The zero-order valence-electron chi connectivity index (χ0n) is 18.7. The summed E-state index contributed by atoms with van der Waals surface area (Å²) in [6, 6.07) is 12.5. The van der Waals surface area contributed by atoms with Crippen LogP contribution in [0.5, 0.6) is 0 Å². The molecule has 0 bridgehead atoms. The van der Waals surface area contributed by atoms with Crippen molar-refractivity contribution in [3.63, 3.8) is 0 Å². The summed E-state index contributed by atoms with van der Waals surface area (Å²) in [5.41, 5.74) is 2.48. The van der Waals surface area contributed by atoms with E-state index in [9.17, 15) is 4.79 Å². The van der Waals surface area contributed by atoms with E-state index in [1.165, 1.54) is 47.8 Å². The molecule has 0 atom stereocenters. The number of carbonyl (C=O) groups is 1. The predicted molar refractivity (Wildman–Crippen MR) is 135 cm³/mol. The van der Waals surface area contributed by atoms with Crippen LogP contribution in [0.3, 0.4) is 0 Å². The highest BCUT2D eigenvalue weighted by molar-refractivity contribution is 7.99. The molecule has 3 heterocycles. The van der Waals surface area contributed by atoms with Crippen molar-refractivity contribution in [1.29, 1.82) is 0 Å². The van der Waals surface area contributed by atoms with E-state index in [0.717, 1.165) is 56.4 Å². The van der Waals surface area contributed by atoms with Crippen LogP contribution in [-0.2, 0) is 4.74 Å². The molecule has 1 saturated carbocycles. The molecule has 3 aliphatic rings. The fourth-order valence-corrected chi connectivity index (χ4v) is 7.38. The van der Waals surface area contributed by atoms with Crippen molar-refractivity contribution < 1.29 is 9.53 Å². The Kier molecular flexibility index (Phi) is 7.07. The number of ether oxygens (including phenoxy) is 1. The van der Waals surface area contributed by atoms with Crippen LogP contribution in [-0.4, -0.2) is 73.8 Å². The Morgan fingerprint density at radius 2 is 1.75 bits per heavy atom. The van der Waals surface area contributed by atoms with Gasteiger partial charge in [-0.25, -0.2) is 0 Å². The molecule has 2 saturated heterocycles. The van der Waals surface area contributed by atoms with Crippen molar-refractivity contribution in [2.24, 2.45) is 0 Å². The van der Waals surface area contributed by atoms with E-state index in [1.807, 2.05) is 6.07 Å². The molecule has 1 N–H and O–H groups in total. The first-order valence-corrected chi connectivity index (χ1v) is 13.9.